The highest BCUT2D eigenvalue weighted by Gasteiger charge is 2.22. The Bertz CT molecular complexity index is 528. The zero-order valence-electron chi connectivity index (χ0n) is 13.4. The Balaban J connectivity index is 0.00000132. The number of hydrogen-bond donors (Lipinski definition) is 1. The van der Waals surface area contributed by atoms with Crippen molar-refractivity contribution in [2.45, 2.75) is 19.8 Å². The molecule has 0 aromatic heterocycles. The molecule has 2 aliphatic rings. The van der Waals surface area contributed by atoms with E-state index in [9.17, 15) is 9.90 Å². The van der Waals surface area contributed by atoms with Crippen LogP contribution in [0.15, 0.2) is 18.2 Å². The number of rotatable bonds is 2. The Morgan fingerprint density at radius 1 is 0.957 bits per heavy atom. The first kappa shape index (κ1) is 19.7. The van der Waals surface area contributed by atoms with Gasteiger partial charge in [0.1, 0.15) is 5.75 Å². The molecule has 5 nitrogen and oxygen atoms in total. The number of carbonyl (C=O) groups excluding carboxylic acids is 1. The smallest absolute Gasteiger partial charge is 0.219 e. The molecule has 2 fully saturated rings. The fraction of sp³-hybridized carbons (Fsp3) is 0.562. The van der Waals surface area contributed by atoms with Gasteiger partial charge in [0.2, 0.25) is 5.91 Å². The third-order valence-electron chi connectivity index (χ3n) is 4.50. The Labute approximate surface area is 150 Å². The second-order valence-corrected chi connectivity index (χ2v) is 5.86. The molecule has 3 rings (SSSR count). The van der Waals surface area contributed by atoms with Crippen LogP contribution in [0.2, 0.25) is 0 Å². The third-order valence-corrected chi connectivity index (χ3v) is 4.50. The van der Waals surface area contributed by atoms with Gasteiger partial charge in [-0.1, -0.05) is 0 Å². The molecule has 23 heavy (non-hydrogen) atoms. The molecule has 1 amide bonds. The number of benzene rings is 1. The Morgan fingerprint density at radius 2 is 1.57 bits per heavy atom. The minimum Gasteiger partial charge on any atom is -0.506 e. The molecule has 0 unspecified atom stereocenters. The van der Waals surface area contributed by atoms with Crippen LogP contribution in [0.4, 0.5) is 11.4 Å². The average molecular weight is 362 g/mol. The summed E-state index contributed by atoms with van der Waals surface area (Å²) < 4.78 is 0. The molecular weight excluding hydrogens is 337 g/mol. The monoisotopic (exact) mass is 361 g/mol. The van der Waals surface area contributed by atoms with Crippen molar-refractivity contribution >= 4 is 42.1 Å². The molecule has 1 aromatic carbocycles. The van der Waals surface area contributed by atoms with Gasteiger partial charge in [0.05, 0.1) is 5.69 Å². The molecule has 7 heteroatoms. The van der Waals surface area contributed by atoms with Gasteiger partial charge in [-0.05, 0) is 31.0 Å². The molecule has 2 heterocycles. The standard InChI is InChI=1S/C16H23N3O2.2ClH/c1-13(20)17-8-10-19(11-9-17)15-12-14(4-5-16(15)21)18-6-2-3-7-18;;/h4-5,12,21H,2-3,6-11H2,1H3;2*1H. The van der Waals surface area contributed by atoms with E-state index >= 15 is 0 Å². The fourth-order valence-corrected chi connectivity index (χ4v) is 3.20. The van der Waals surface area contributed by atoms with Gasteiger partial charge in [-0.3, -0.25) is 4.79 Å². The summed E-state index contributed by atoms with van der Waals surface area (Å²) in [6, 6.07) is 5.88. The second-order valence-electron chi connectivity index (χ2n) is 5.86. The first-order valence-electron chi connectivity index (χ1n) is 7.73. The molecule has 0 saturated carbocycles. The van der Waals surface area contributed by atoms with Crippen molar-refractivity contribution in [3.8, 4) is 5.75 Å². The van der Waals surface area contributed by atoms with Gasteiger partial charge in [-0.2, -0.15) is 0 Å². The summed E-state index contributed by atoms with van der Waals surface area (Å²) in [6.07, 6.45) is 2.49. The largest absolute Gasteiger partial charge is 0.506 e. The molecule has 2 aliphatic heterocycles. The van der Waals surface area contributed by atoms with E-state index in [-0.39, 0.29) is 30.7 Å². The molecule has 0 atom stereocenters. The molecule has 0 aliphatic carbocycles. The summed E-state index contributed by atoms with van der Waals surface area (Å²) in [7, 11) is 0. The maximum Gasteiger partial charge on any atom is 0.219 e. The van der Waals surface area contributed by atoms with E-state index in [4.69, 9.17) is 0 Å². The number of phenols is 1. The predicted octanol–water partition coefficient (Wildman–Crippen LogP) is 2.50. The van der Waals surface area contributed by atoms with E-state index in [2.05, 4.69) is 15.9 Å². The van der Waals surface area contributed by atoms with Crippen molar-refractivity contribution in [1.29, 1.82) is 0 Å². The van der Waals surface area contributed by atoms with E-state index in [1.165, 1.54) is 18.5 Å². The lowest BCUT2D eigenvalue weighted by Crippen LogP contribution is -2.48. The van der Waals surface area contributed by atoms with Gasteiger partial charge >= 0.3 is 0 Å². The zero-order valence-corrected chi connectivity index (χ0v) is 15.0. The van der Waals surface area contributed by atoms with Crippen LogP contribution < -0.4 is 9.80 Å². The lowest BCUT2D eigenvalue weighted by Gasteiger charge is -2.36. The van der Waals surface area contributed by atoms with Crippen LogP contribution in [0, 0.1) is 0 Å². The molecule has 1 aromatic rings. The number of aromatic hydroxyl groups is 1. The topological polar surface area (TPSA) is 47.0 Å². The van der Waals surface area contributed by atoms with Gasteiger partial charge in [0.25, 0.3) is 0 Å². The van der Waals surface area contributed by atoms with Crippen LogP contribution in [0.5, 0.6) is 5.75 Å². The first-order valence-corrected chi connectivity index (χ1v) is 7.73. The highest BCUT2D eigenvalue weighted by molar-refractivity contribution is 5.85. The van der Waals surface area contributed by atoms with Crippen LogP contribution in [-0.2, 0) is 4.79 Å². The van der Waals surface area contributed by atoms with Crippen molar-refractivity contribution in [3.05, 3.63) is 18.2 Å². The summed E-state index contributed by atoms with van der Waals surface area (Å²) in [5.41, 5.74) is 2.08. The highest BCUT2D eigenvalue weighted by Crippen LogP contribution is 2.33. The van der Waals surface area contributed by atoms with Crippen LogP contribution in [0.1, 0.15) is 19.8 Å². The number of amides is 1. The van der Waals surface area contributed by atoms with Gasteiger partial charge in [0, 0.05) is 51.9 Å². The summed E-state index contributed by atoms with van der Waals surface area (Å²) in [5.74, 6) is 0.457. The summed E-state index contributed by atoms with van der Waals surface area (Å²) in [4.78, 5) is 17.8. The first-order chi connectivity index (χ1) is 10.1. The van der Waals surface area contributed by atoms with Gasteiger partial charge in [-0.15, -0.1) is 24.8 Å². The number of hydrogen-bond acceptors (Lipinski definition) is 4. The molecule has 1 N–H and O–H groups in total. The van der Waals surface area contributed by atoms with E-state index < -0.39 is 0 Å². The quantitative estimate of drug-likeness (QED) is 0.878. The minimum absolute atomic E-state index is 0. The van der Waals surface area contributed by atoms with Crippen molar-refractivity contribution in [1.82, 2.24) is 4.90 Å². The molecular formula is C16H25Cl2N3O2. The predicted molar refractivity (Wildman–Crippen MR) is 98.5 cm³/mol. The summed E-state index contributed by atoms with van der Waals surface area (Å²) >= 11 is 0. The Morgan fingerprint density at radius 3 is 2.13 bits per heavy atom. The maximum atomic E-state index is 11.4. The van der Waals surface area contributed by atoms with Crippen molar-refractivity contribution < 1.29 is 9.90 Å². The maximum absolute atomic E-state index is 11.4. The normalized spacial score (nSPS) is 17.5. The minimum atomic E-state index is 0. The summed E-state index contributed by atoms with van der Waals surface area (Å²) in [6.45, 7) is 6.81. The number of nitrogens with zero attached hydrogens (tertiary/aromatic N) is 3. The summed E-state index contributed by atoms with van der Waals surface area (Å²) in [5, 5.41) is 10.2. The average Bonchev–Trinajstić information content (AvgIpc) is 3.02. The third kappa shape index (κ3) is 4.36. The Kier molecular flexibility index (Phi) is 7.29. The van der Waals surface area contributed by atoms with E-state index in [1.807, 2.05) is 11.0 Å². The molecule has 130 valence electrons. The fourth-order valence-electron chi connectivity index (χ4n) is 3.20. The van der Waals surface area contributed by atoms with E-state index in [0.29, 0.717) is 5.75 Å². The Hall–Kier alpha value is -1.33. The second kappa shape index (κ2) is 8.50. The van der Waals surface area contributed by atoms with Gasteiger partial charge in [-0.25, -0.2) is 0 Å². The number of phenolic OH excluding ortho intramolecular Hbond substituents is 1. The zero-order chi connectivity index (χ0) is 14.8. The van der Waals surface area contributed by atoms with Gasteiger partial charge in [0.15, 0.2) is 0 Å². The van der Waals surface area contributed by atoms with Crippen molar-refractivity contribution in [2.24, 2.45) is 0 Å². The van der Waals surface area contributed by atoms with Crippen LogP contribution >= 0.6 is 24.8 Å². The van der Waals surface area contributed by atoms with Crippen LogP contribution in [0.3, 0.4) is 0 Å². The highest BCUT2D eigenvalue weighted by atomic mass is 35.5. The number of piperazine rings is 1. The number of halogens is 2. The lowest BCUT2D eigenvalue weighted by atomic mass is 10.2. The molecule has 0 spiro atoms. The van der Waals surface area contributed by atoms with E-state index in [1.54, 1.807) is 13.0 Å². The van der Waals surface area contributed by atoms with Crippen molar-refractivity contribution in [3.63, 3.8) is 0 Å². The van der Waals surface area contributed by atoms with Crippen LogP contribution in [-0.4, -0.2) is 55.2 Å². The number of carbonyl (C=O) groups is 1. The van der Waals surface area contributed by atoms with Gasteiger partial charge < -0.3 is 19.8 Å². The lowest BCUT2D eigenvalue weighted by molar-refractivity contribution is -0.129. The van der Waals surface area contributed by atoms with E-state index in [0.717, 1.165) is 45.0 Å². The van der Waals surface area contributed by atoms with Crippen LogP contribution in [0.25, 0.3) is 0 Å². The SMILES string of the molecule is CC(=O)N1CCN(c2cc(N3CCCC3)ccc2O)CC1.Cl.Cl. The number of anilines is 2. The molecule has 0 bridgehead atoms. The van der Waals surface area contributed by atoms with Crippen molar-refractivity contribution in [2.75, 3.05) is 49.1 Å². The molecule has 2 saturated heterocycles. The molecule has 0 radical (unpaired) electrons.